The number of likely N-dealkylation sites (tertiary alicyclic amines) is 1. The summed E-state index contributed by atoms with van der Waals surface area (Å²) in [5.41, 5.74) is 2.92. The monoisotopic (exact) mass is 713 g/mol. The summed E-state index contributed by atoms with van der Waals surface area (Å²) in [5.74, 6) is -0.746. The maximum atomic E-state index is 14.2. The number of rotatable bonds is 9. The van der Waals surface area contributed by atoms with Gasteiger partial charge < -0.3 is 34.0 Å². The number of imidazole rings is 2. The number of methoxy groups -OCH3 is 2. The molecule has 1 saturated heterocycles. The molecule has 7 rings (SSSR count). The molecule has 0 saturated carbocycles. The number of alkyl carbamates (subject to hydrolysis) is 1. The second-order valence-electron chi connectivity index (χ2n) is 12.3. The van der Waals surface area contributed by atoms with E-state index in [-0.39, 0.29) is 30.6 Å². The molecule has 2 atom stereocenters. The lowest BCUT2D eigenvalue weighted by Gasteiger charge is -2.38. The van der Waals surface area contributed by atoms with Gasteiger partial charge in [-0.15, -0.1) is 0 Å². The number of fused-ring (bicyclic) bond motifs is 2. The zero-order valence-electron chi connectivity index (χ0n) is 28.2. The van der Waals surface area contributed by atoms with Crippen LogP contribution in [0.15, 0.2) is 85.1 Å². The smallest absolute Gasteiger partial charge is 0.449 e. The third kappa shape index (κ3) is 7.06. The number of hydrogen-bond acceptors (Lipinski definition) is 8. The molecule has 1 aliphatic rings. The van der Waals surface area contributed by atoms with Crippen LogP contribution >= 0.6 is 0 Å². The first-order valence-electron chi connectivity index (χ1n) is 16.5. The van der Waals surface area contributed by atoms with Crippen LogP contribution < -0.4 is 14.8 Å². The van der Waals surface area contributed by atoms with Crippen LogP contribution in [0.25, 0.3) is 33.2 Å². The molecule has 2 N–H and O–H groups in total. The second-order valence-corrected chi connectivity index (χ2v) is 12.3. The molecule has 3 aromatic heterocycles. The van der Waals surface area contributed by atoms with Gasteiger partial charge in [-0.3, -0.25) is 4.79 Å². The maximum Gasteiger partial charge on any atom is 0.449 e. The van der Waals surface area contributed by atoms with Crippen LogP contribution in [0.2, 0.25) is 0 Å². The molecule has 0 unspecified atom stereocenters. The van der Waals surface area contributed by atoms with E-state index in [2.05, 4.69) is 25.3 Å². The van der Waals surface area contributed by atoms with Gasteiger partial charge in [0.05, 0.1) is 54.3 Å². The molecule has 0 radical (unpaired) electrons. The number of H-pyrrole nitrogens is 1. The highest BCUT2D eigenvalue weighted by Gasteiger charge is 2.40. The van der Waals surface area contributed by atoms with Gasteiger partial charge in [-0.25, -0.2) is 19.7 Å². The minimum absolute atomic E-state index is 0.0712. The summed E-state index contributed by atoms with van der Waals surface area (Å²) in [5, 5.41) is 3.76. The first-order chi connectivity index (χ1) is 25.1. The maximum absolute atomic E-state index is 14.2. The molecule has 12 nitrogen and oxygen atoms in total. The minimum atomic E-state index is -4.83. The van der Waals surface area contributed by atoms with Crippen molar-refractivity contribution in [2.45, 2.75) is 44.3 Å². The molecule has 0 spiro atoms. The number of halogens is 3. The minimum Gasteiger partial charge on any atom is -0.497 e. The summed E-state index contributed by atoms with van der Waals surface area (Å²) >= 11 is 0. The Morgan fingerprint density at radius 1 is 0.962 bits per heavy atom. The lowest BCUT2D eigenvalue weighted by atomic mass is 9.96. The molecule has 1 fully saturated rings. The third-order valence-electron chi connectivity index (χ3n) is 9.04. The zero-order chi connectivity index (χ0) is 36.4. The van der Waals surface area contributed by atoms with Crippen LogP contribution in [0, 0.1) is 0 Å². The number of alkyl halides is 3. The highest BCUT2D eigenvalue weighted by Crippen LogP contribution is 2.36. The van der Waals surface area contributed by atoms with E-state index in [1.807, 2.05) is 60.7 Å². The van der Waals surface area contributed by atoms with E-state index >= 15 is 0 Å². The average Bonchev–Trinajstić information content (AvgIpc) is 3.79. The van der Waals surface area contributed by atoms with E-state index in [0.717, 1.165) is 21.0 Å². The van der Waals surface area contributed by atoms with Crippen molar-refractivity contribution < 1.29 is 37.0 Å². The summed E-state index contributed by atoms with van der Waals surface area (Å²) < 4.78 is 59.9. The quantitative estimate of drug-likeness (QED) is 0.170. The number of pyridine rings is 1. The molecule has 15 heteroatoms. The average molecular weight is 714 g/mol. The number of piperidine rings is 1. The fourth-order valence-corrected chi connectivity index (χ4v) is 6.51. The Kier molecular flexibility index (Phi) is 9.41. The van der Waals surface area contributed by atoms with E-state index in [9.17, 15) is 22.8 Å². The molecule has 0 bridgehead atoms. The fraction of sp³-hybridized carbons (Fsp3) is 0.270. The lowest BCUT2D eigenvalue weighted by molar-refractivity contribution is -0.148. The summed E-state index contributed by atoms with van der Waals surface area (Å²) in [6, 6.07) is 21.8. The number of nitrogens with one attached hydrogen (secondary N) is 2. The van der Waals surface area contributed by atoms with Gasteiger partial charge in [0.1, 0.15) is 24.7 Å². The highest BCUT2D eigenvalue weighted by atomic mass is 19.4. The van der Waals surface area contributed by atoms with Gasteiger partial charge in [0.15, 0.2) is 0 Å². The number of nitrogens with zero attached hydrogens (tertiary/aromatic N) is 5. The van der Waals surface area contributed by atoms with E-state index in [1.165, 1.54) is 37.3 Å². The van der Waals surface area contributed by atoms with Crippen molar-refractivity contribution in [3.63, 3.8) is 0 Å². The van der Waals surface area contributed by atoms with Crippen molar-refractivity contribution in [1.82, 2.24) is 34.7 Å². The van der Waals surface area contributed by atoms with Crippen LogP contribution in [0.1, 0.15) is 36.1 Å². The number of hydrogen-bond donors (Lipinski definition) is 2. The molecule has 6 aromatic rings. The largest absolute Gasteiger partial charge is 0.497 e. The van der Waals surface area contributed by atoms with Gasteiger partial charge in [0.25, 0.3) is 0 Å². The van der Waals surface area contributed by atoms with Crippen LogP contribution in [0.3, 0.4) is 0 Å². The van der Waals surface area contributed by atoms with Crippen LogP contribution in [-0.2, 0) is 28.9 Å². The first kappa shape index (κ1) is 34.3. The Bertz CT molecular complexity index is 2240. The van der Waals surface area contributed by atoms with Crippen molar-refractivity contribution in [2.24, 2.45) is 0 Å². The fourth-order valence-electron chi connectivity index (χ4n) is 6.51. The van der Waals surface area contributed by atoms with Gasteiger partial charge >= 0.3 is 12.3 Å². The first-order valence-corrected chi connectivity index (χ1v) is 16.5. The molecule has 4 heterocycles. The van der Waals surface area contributed by atoms with E-state index in [4.69, 9.17) is 14.2 Å². The number of carbonyl (C=O) groups is 2. The Hall–Kier alpha value is -6.12. The third-order valence-corrected chi connectivity index (χ3v) is 9.04. The zero-order valence-corrected chi connectivity index (χ0v) is 28.2. The molecule has 1 aliphatic heterocycles. The van der Waals surface area contributed by atoms with Gasteiger partial charge in [0.2, 0.25) is 17.6 Å². The number of aromatic nitrogens is 5. The topological polar surface area (TPSA) is 136 Å². The lowest BCUT2D eigenvalue weighted by Crippen LogP contribution is -2.49. The number of amides is 2. The Balaban J connectivity index is 1.20. The number of aromatic amines is 1. The van der Waals surface area contributed by atoms with E-state index < -0.39 is 42.6 Å². The van der Waals surface area contributed by atoms with E-state index in [1.54, 1.807) is 6.20 Å². The Labute approximate surface area is 295 Å². The molecular formula is C37H34F3N7O5. The number of ether oxygens (including phenoxy) is 3. The van der Waals surface area contributed by atoms with Crippen molar-refractivity contribution in [3.8, 4) is 22.9 Å². The molecule has 3 aromatic carbocycles. The van der Waals surface area contributed by atoms with Crippen LogP contribution in [0.4, 0.5) is 18.0 Å². The molecule has 268 valence electrons. The van der Waals surface area contributed by atoms with Gasteiger partial charge in [-0.1, -0.05) is 48.5 Å². The van der Waals surface area contributed by atoms with Crippen LogP contribution in [0.5, 0.6) is 11.6 Å². The van der Waals surface area contributed by atoms with Gasteiger partial charge in [-0.05, 0) is 42.7 Å². The normalized spacial score (nSPS) is 16.2. The summed E-state index contributed by atoms with van der Waals surface area (Å²) in [4.78, 5) is 44.8. The van der Waals surface area contributed by atoms with E-state index in [0.29, 0.717) is 35.1 Å². The van der Waals surface area contributed by atoms with Crippen LogP contribution in [-0.4, -0.2) is 68.2 Å². The molecular weight excluding hydrogens is 679 g/mol. The van der Waals surface area contributed by atoms with Crippen molar-refractivity contribution in [1.29, 1.82) is 0 Å². The summed E-state index contributed by atoms with van der Waals surface area (Å²) in [7, 11) is 2.91. The standard InChI is InChI=1S/C37H34F3N7O5/c1-50-25-12-13-28-30(18-25)47(35(45-28)37(38,39)40)20-32(48)46-15-14-24(42-36(49)52-21-22-8-4-3-5-9-22)17-31(46)33-41-19-29(43-33)26-16-23-10-6-7-11-27(23)44-34(26)51-2/h3-13,16,18-19,24,31H,14-15,17,20-21H2,1-2H3,(H,41,43)(H,42,49)/t24-,31+/m1/s1. The predicted octanol–water partition coefficient (Wildman–Crippen LogP) is 6.67. The number of benzene rings is 3. The van der Waals surface area contributed by atoms with Crippen molar-refractivity contribution in [2.75, 3.05) is 20.8 Å². The summed E-state index contributed by atoms with van der Waals surface area (Å²) in [6.07, 6.45) is -3.34. The number of para-hydroxylation sites is 1. The predicted molar refractivity (Wildman–Crippen MR) is 184 cm³/mol. The van der Waals surface area contributed by atoms with Gasteiger partial charge in [-0.2, -0.15) is 13.2 Å². The Morgan fingerprint density at radius 2 is 1.75 bits per heavy atom. The van der Waals surface area contributed by atoms with Crippen molar-refractivity contribution >= 4 is 33.9 Å². The molecule has 2 amide bonds. The van der Waals surface area contributed by atoms with Crippen molar-refractivity contribution in [3.05, 3.63) is 102 Å². The SMILES string of the molecule is COc1ccc2nc(C(F)(F)F)n(CC(=O)N3CC[C@@H](NC(=O)OCc4ccccc4)C[C@H]3c3ncc(-c4cc5ccccc5nc4OC)[nH]3)c2c1. The van der Waals surface area contributed by atoms with Gasteiger partial charge in [0, 0.05) is 24.0 Å². The molecule has 0 aliphatic carbocycles. The number of carbonyl (C=O) groups excluding carboxylic acids is 2. The highest BCUT2D eigenvalue weighted by molar-refractivity contribution is 5.86. The molecule has 52 heavy (non-hydrogen) atoms. The summed E-state index contributed by atoms with van der Waals surface area (Å²) in [6.45, 7) is -0.467. The Morgan fingerprint density at radius 3 is 2.52 bits per heavy atom. The second kappa shape index (κ2) is 14.2.